The van der Waals surface area contributed by atoms with E-state index >= 15 is 0 Å². The number of nitrogens with one attached hydrogen (secondary N) is 1. The maximum atomic E-state index is 9.26. The number of rotatable bonds is 4. The fourth-order valence-corrected chi connectivity index (χ4v) is 1.80. The molecule has 0 aromatic heterocycles. The molecule has 0 fully saturated rings. The van der Waals surface area contributed by atoms with Crippen LogP contribution in [0.1, 0.15) is 22.6 Å². The highest BCUT2D eigenvalue weighted by atomic mass is 16.3. The third-order valence-electron chi connectivity index (χ3n) is 2.54. The van der Waals surface area contributed by atoms with Gasteiger partial charge >= 0.3 is 0 Å². The van der Waals surface area contributed by atoms with Crippen molar-refractivity contribution < 1.29 is 5.11 Å². The molecular formula is C12H19NO. The van der Waals surface area contributed by atoms with Crippen molar-refractivity contribution in [3.8, 4) is 0 Å². The van der Waals surface area contributed by atoms with Crippen LogP contribution in [0.25, 0.3) is 0 Å². The summed E-state index contributed by atoms with van der Waals surface area (Å²) in [6, 6.07) is 6.37. The van der Waals surface area contributed by atoms with Crippen molar-refractivity contribution in [2.45, 2.75) is 19.8 Å². The van der Waals surface area contributed by atoms with Crippen molar-refractivity contribution in [1.29, 1.82) is 0 Å². The van der Waals surface area contributed by atoms with Gasteiger partial charge < -0.3 is 10.4 Å². The molecule has 0 bridgehead atoms. The highest BCUT2D eigenvalue weighted by Crippen LogP contribution is 2.19. The summed E-state index contributed by atoms with van der Waals surface area (Å²) in [7, 11) is 1.91. The Morgan fingerprint density at radius 3 is 2.57 bits per heavy atom. The summed E-state index contributed by atoms with van der Waals surface area (Å²) in [6.07, 6.45) is 0. The van der Waals surface area contributed by atoms with E-state index in [4.69, 9.17) is 0 Å². The van der Waals surface area contributed by atoms with Crippen molar-refractivity contribution >= 4 is 0 Å². The van der Waals surface area contributed by atoms with Gasteiger partial charge in [0.05, 0.1) is 6.61 Å². The summed E-state index contributed by atoms with van der Waals surface area (Å²) < 4.78 is 0. The monoisotopic (exact) mass is 193 g/mol. The van der Waals surface area contributed by atoms with E-state index in [2.05, 4.69) is 37.4 Å². The van der Waals surface area contributed by atoms with Gasteiger partial charge in [0.25, 0.3) is 0 Å². The van der Waals surface area contributed by atoms with Crippen LogP contribution in [0, 0.1) is 13.8 Å². The van der Waals surface area contributed by atoms with Crippen LogP contribution >= 0.6 is 0 Å². The Balaban J connectivity index is 2.92. The standard InChI is InChI=1S/C12H19NO/c1-9-4-5-12(10(2)6-9)11(8-14)7-13-3/h4-6,11,13-14H,7-8H2,1-3H3. The van der Waals surface area contributed by atoms with Crippen LogP contribution in [0.5, 0.6) is 0 Å². The van der Waals surface area contributed by atoms with Crippen molar-refractivity contribution in [2.75, 3.05) is 20.2 Å². The average Bonchev–Trinajstić information content (AvgIpc) is 2.15. The molecule has 0 saturated carbocycles. The third-order valence-corrected chi connectivity index (χ3v) is 2.54. The van der Waals surface area contributed by atoms with Crippen LogP contribution in [0.3, 0.4) is 0 Å². The number of likely N-dealkylation sites (N-methyl/N-ethyl adjacent to an activating group) is 1. The van der Waals surface area contributed by atoms with E-state index < -0.39 is 0 Å². The molecule has 1 atom stereocenters. The van der Waals surface area contributed by atoms with Gasteiger partial charge in [0, 0.05) is 12.5 Å². The minimum Gasteiger partial charge on any atom is -0.396 e. The van der Waals surface area contributed by atoms with Crippen LogP contribution in [-0.4, -0.2) is 25.3 Å². The van der Waals surface area contributed by atoms with E-state index in [9.17, 15) is 5.11 Å². The molecular weight excluding hydrogens is 174 g/mol. The van der Waals surface area contributed by atoms with E-state index in [0.29, 0.717) is 0 Å². The molecule has 14 heavy (non-hydrogen) atoms. The molecule has 0 heterocycles. The van der Waals surface area contributed by atoms with Gasteiger partial charge in [-0.2, -0.15) is 0 Å². The lowest BCUT2D eigenvalue weighted by molar-refractivity contribution is 0.263. The van der Waals surface area contributed by atoms with E-state index in [0.717, 1.165) is 6.54 Å². The summed E-state index contributed by atoms with van der Waals surface area (Å²) in [5, 5.41) is 12.4. The zero-order chi connectivity index (χ0) is 10.6. The zero-order valence-corrected chi connectivity index (χ0v) is 9.17. The molecule has 2 N–H and O–H groups in total. The minimum atomic E-state index is 0.199. The molecule has 1 rings (SSSR count). The number of benzene rings is 1. The Labute approximate surface area is 86.0 Å². The van der Waals surface area contributed by atoms with Gasteiger partial charge in [0.2, 0.25) is 0 Å². The lowest BCUT2D eigenvalue weighted by Crippen LogP contribution is -2.20. The molecule has 0 spiro atoms. The fraction of sp³-hybridized carbons (Fsp3) is 0.500. The number of aliphatic hydroxyl groups is 1. The highest BCUT2D eigenvalue weighted by Gasteiger charge is 2.11. The second-order valence-corrected chi connectivity index (χ2v) is 3.80. The summed E-state index contributed by atoms with van der Waals surface area (Å²) in [5.41, 5.74) is 3.78. The minimum absolute atomic E-state index is 0.199. The molecule has 0 radical (unpaired) electrons. The molecule has 78 valence electrons. The van der Waals surface area contributed by atoms with Gasteiger partial charge in [-0.1, -0.05) is 23.8 Å². The number of hydrogen-bond acceptors (Lipinski definition) is 2. The van der Waals surface area contributed by atoms with Crippen molar-refractivity contribution in [3.63, 3.8) is 0 Å². The van der Waals surface area contributed by atoms with E-state index in [1.807, 2.05) is 7.05 Å². The van der Waals surface area contributed by atoms with Crippen LogP contribution in [0.4, 0.5) is 0 Å². The quantitative estimate of drug-likeness (QED) is 0.761. The first-order chi connectivity index (χ1) is 6.69. The number of aryl methyl sites for hydroxylation is 2. The largest absolute Gasteiger partial charge is 0.396 e. The van der Waals surface area contributed by atoms with Gasteiger partial charge in [-0.05, 0) is 32.0 Å². The van der Waals surface area contributed by atoms with E-state index in [-0.39, 0.29) is 12.5 Å². The fourth-order valence-electron chi connectivity index (χ4n) is 1.80. The normalized spacial score (nSPS) is 12.9. The zero-order valence-electron chi connectivity index (χ0n) is 9.17. The second-order valence-electron chi connectivity index (χ2n) is 3.80. The van der Waals surface area contributed by atoms with Crippen molar-refractivity contribution in [1.82, 2.24) is 5.32 Å². The Morgan fingerprint density at radius 2 is 2.07 bits per heavy atom. The Hall–Kier alpha value is -0.860. The third kappa shape index (κ3) is 2.56. The molecule has 1 aromatic rings. The van der Waals surface area contributed by atoms with Gasteiger partial charge in [-0.25, -0.2) is 0 Å². The molecule has 0 aliphatic carbocycles. The van der Waals surface area contributed by atoms with Gasteiger partial charge in [0.1, 0.15) is 0 Å². The first-order valence-electron chi connectivity index (χ1n) is 5.01. The summed E-state index contributed by atoms with van der Waals surface area (Å²) in [4.78, 5) is 0. The SMILES string of the molecule is CNCC(CO)c1ccc(C)cc1C. The second kappa shape index (κ2) is 5.13. The van der Waals surface area contributed by atoms with Gasteiger partial charge in [-0.15, -0.1) is 0 Å². The predicted molar refractivity (Wildman–Crippen MR) is 59.7 cm³/mol. The first-order valence-corrected chi connectivity index (χ1v) is 5.01. The molecule has 0 aliphatic heterocycles. The Morgan fingerprint density at radius 1 is 1.36 bits per heavy atom. The van der Waals surface area contributed by atoms with Crippen molar-refractivity contribution in [3.05, 3.63) is 34.9 Å². The number of aliphatic hydroxyl groups excluding tert-OH is 1. The van der Waals surface area contributed by atoms with Crippen molar-refractivity contribution in [2.24, 2.45) is 0 Å². The summed E-state index contributed by atoms with van der Waals surface area (Å²) in [5.74, 6) is 0.209. The Bertz CT molecular complexity index is 296. The Kier molecular flexibility index (Phi) is 4.11. The molecule has 1 aromatic carbocycles. The lowest BCUT2D eigenvalue weighted by Gasteiger charge is -2.16. The molecule has 2 heteroatoms. The average molecular weight is 193 g/mol. The maximum Gasteiger partial charge on any atom is 0.0512 e. The van der Waals surface area contributed by atoms with E-state index in [1.165, 1.54) is 16.7 Å². The molecule has 0 aliphatic rings. The van der Waals surface area contributed by atoms with E-state index in [1.54, 1.807) is 0 Å². The van der Waals surface area contributed by atoms with Crippen LogP contribution < -0.4 is 5.32 Å². The van der Waals surface area contributed by atoms with Crippen LogP contribution in [0.2, 0.25) is 0 Å². The molecule has 2 nitrogen and oxygen atoms in total. The molecule has 0 amide bonds. The predicted octanol–water partition coefficient (Wildman–Crippen LogP) is 1.60. The first kappa shape index (κ1) is 11.2. The summed E-state index contributed by atoms with van der Waals surface area (Å²) in [6.45, 7) is 5.20. The molecule has 1 unspecified atom stereocenters. The number of hydrogen-bond donors (Lipinski definition) is 2. The topological polar surface area (TPSA) is 32.3 Å². The van der Waals surface area contributed by atoms with Crippen LogP contribution in [0.15, 0.2) is 18.2 Å². The lowest BCUT2D eigenvalue weighted by atomic mass is 9.94. The summed E-state index contributed by atoms with van der Waals surface area (Å²) >= 11 is 0. The maximum absolute atomic E-state index is 9.26. The molecule has 0 saturated heterocycles. The van der Waals surface area contributed by atoms with Gasteiger partial charge in [-0.3, -0.25) is 0 Å². The smallest absolute Gasteiger partial charge is 0.0512 e. The highest BCUT2D eigenvalue weighted by molar-refractivity contribution is 5.33. The van der Waals surface area contributed by atoms with Crippen LogP contribution in [-0.2, 0) is 0 Å². The van der Waals surface area contributed by atoms with Gasteiger partial charge in [0.15, 0.2) is 0 Å².